The van der Waals surface area contributed by atoms with Crippen molar-refractivity contribution in [3.8, 4) is 5.06 Å². The molecule has 3 aromatic rings. The van der Waals surface area contributed by atoms with Crippen LogP contribution in [0.25, 0.3) is 10.2 Å². The Balaban J connectivity index is 1.44. The van der Waals surface area contributed by atoms with Crippen molar-refractivity contribution in [3.63, 3.8) is 0 Å². The number of carbonyl (C=O) groups excluding carboxylic acids is 1. The van der Waals surface area contributed by atoms with Gasteiger partial charge in [0.15, 0.2) is 10.9 Å². The summed E-state index contributed by atoms with van der Waals surface area (Å²) in [6.45, 7) is 3.17. The molecule has 1 aliphatic rings. The molecule has 0 spiro atoms. The van der Waals surface area contributed by atoms with Gasteiger partial charge in [-0.1, -0.05) is 23.5 Å². The first kappa shape index (κ1) is 17.5. The van der Waals surface area contributed by atoms with Gasteiger partial charge < -0.3 is 15.2 Å². The predicted octanol–water partition coefficient (Wildman–Crippen LogP) is 3.53. The van der Waals surface area contributed by atoms with E-state index in [0.29, 0.717) is 21.6 Å². The fourth-order valence-electron chi connectivity index (χ4n) is 3.17. The number of amides is 1. The maximum absolute atomic E-state index is 12.5. The number of nitrogens with zero attached hydrogens (tertiary/aromatic N) is 2. The smallest absolute Gasteiger partial charge is 0.449 e. The fourth-order valence-corrected chi connectivity index (χ4v) is 4.01. The number of benzene rings is 1. The number of ether oxygens (including phenoxy) is 1. The second-order valence-corrected chi connectivity index (χ2v) is 7.40. The number of nitrogens with one attached hydrogen (secondary N) is 2. The van der Waals surface area contributed by atoms with Gasteiger partial charge in [-0.15, -0.1) is 0 Å². The van der Waals surface area contributed by atoms with Crippen LogP contribution in [0.15, 0.2) is 30.3 Å². The summed E-state index contributed by atoms with van der Waals surface area (Å²) in [5.74, 6) is 0.0654. The second-order valence-electron chi connectivity index (χ2n) is 6.38. The first-order chi connectivity index (χ1) is 13.1. The van der Waals surface area contributed by atoms with E-state index in [0.717, 1.165) is 31.0 Å². The highest BCUT2D eigenvalue weighted by Gasteiger charge is 2.16. The zero-order chi connectivity index (χ0) is 18.8. The molecule has 0 atom stereocenters. The molecule has 0 aliphatic carbocycles. The van der Waals surface area contributed by atoms with Crippen molar-refractivity contribution in [2.75, 3.05) is 18.4 Å². The summed E-state index contributed by atoms with van der Waals surface area (Å²) in [5, 5.41) is 19.1. The number of anilines is 1. The Kier molecular flexibility index (Phi) is 4.78. The minimum absolute atomic E-state index is 0.216. The molecular formula is C18H18N4O4S. The number of aromatic amines is 1. The highest BCUT2D eigenvalue weighted by Crippen LogP contribution is 2.34. The summed E-state index contributed by atoms with van der Waals surface area (Å²) in [6, 6.07) is 9.08. The SMILES string of the molecule is O=C(O)Oc1cc2c(NC(=O)c3ccc(CN4CCCC4)cc3)n[nH]c2s1. The van der Waals surface area contributed by atoms with E-state index in [1.807, 2.05) is 12.1 Å². The lowest BCUT2D eigenvalue weighted by Crippen LogP contribution is -2.18. The minimum Gasteiger partial charge on any atom is -0.449 e. The molecule has 2 aromatic heterocycles. The molecule has 9 heteroatoms. The lowest BCUT2D eigenvalue weighted by atomic mass is 10.1. The molecule has 4 rings (SSSR count). The van der Waals surface area contributed by atoms with Gasteiger partial charge in [0.1, 0.15) is 4.83 Å². The molecule has 1 fully saturated rings. The lowest BCUT2D eigenvalue weighted by Gasteiger charge is -2.14. The summed E-state index contributed by atoms with van der Waals surface area (Å²) in [7, 11) is 0. The Hall–Kier alpha value is -2.91. The highest BCUT2D eigenvalue weighted by atomic mass is 32.1. The molecule has 3 heterocycles. The number of likely N-dealkylation sites (tertiary alicyclic amines) is 1. The number of carbonyl (C=O) groups is 2. The molecule has 140 valence electrons. The van der Waals surface area contributed by atoms with Crippen LogP contribution in [-0.2, 0) is 6.54 Å². The van der Waals surface area contributed by atoms with Crippen LogP contribution in [-0.4, -0.2) is 45.4 Å². The molecule has 0 bridgehead atoms. The van der Waals surface area contributed by atoms with Gasteiger partial charge in [0, 0.05) is 18.2 Å². The molecule has 0 radical (unpaired) electrons. The zero-order valence-electron chi connectivity index (χ0n) is 14.4. The average Bonchev–Trinajstić information content (AvgIpc) is 3.34. The number of rotatable bonds is 5. The minimum atomic E-state index is -1.38. The van der Waals surface area contributed by atoms with Crippen molar-refractivity contribution in [1.82, 2.24) is 15.1 Å². The highest BCUT2D eigenvalue weighted by molar-refractivity contribution is 7.20. The lowest BCUT2D eigenvalue weighted by molar-refractivity contribution is 0.102. The summed E-state index contributed by atoms with van der Waals surface area (Å²) < 4.78 is 4.64. The third kappa shape index (κ3) is 3.93. The summed E-state index contributed by atoms with van der Waals surface area (Å²) in [4.78, 5) is 26.2. The van der Waals surface area contributed by atoms with Crippen LogP contribution in [0.3, 0.4) is 0 Å². The molecular weight excluding hydrogens is 368 g/mol. The van der Waals surface area contributed by atoms with Crippen molar-refractivity contribution in [3.05, 3.63) is 41.5 Å². The van der Waals surface area contributed by atoms with Crippen LogP contribution in [0.4, 0.5) is 10.6 Å². The van der Waals surface area contributed by atoms with Crippen LogP contribution in [0, 0.1) is 0 Å². The van der Waals surface area contributed by atoms with Gasteiger partial charge >= 0.3 is 6.16 Å². The topological polar surface area (TPSA) is 108 Å². The van der Waals surface area contributed by atoms with E-state index < -0.39 is 6.16 Å². The van der Waals surface area contributed by atoms with E-state index in [-0.39, 0.29) is 11.0 Å². The average molecular weight is 386 g/mol. The van der Waals surface area contributed by atoms with Crippen molar-refractivity contribution in [2.24, 2.45) is 0 Å². The maximum Gasteiger partial charge on any atom is 0.512 e. The van der Waals surface area contributed by atoms with Gasteiger partial charge in [0.25, 0.3) is 5.91 Å². The van der Waals surface area contributed by atoms with Crippen molar-refractivity contribution >= 4 is 39.4 Å². The summed E-state index contributed by atoms with van der Waals surface area (Å²) in [6.07, 6.45) is 1.12. The number of aromatic nitrogens is 2. The van der Waals surface area contributed by atoms with Gasteiger partial charge in [-0.3, -0.25) is 14.8 Å². The Morgan fingerprint density at radius 3 is 2.70 bits per heavy atom. The van der Waals surface area contributed by atoms with Crippen molar-refractivity contribution in [2.45, 2.75) is 19.4 Å². The normalized spacial score (nSPS) is 14.5. The Morgan fingerprint density at radius 1 is 1.26 bits per heavy atom. The zero-order valence-corrected chi connectivity index (χ0v) is 15.2. The molecule has 1 saturated heterocycles. The van der Waals surface area contributed by atoms with E-state index >= 15 is 0 Å². The number of hydrogen-bond donors (Lipinski definition) is 3. The number of H-pyrrole nitrogens is 1. The molecule has 3 N–H and O–H groups in total. The van der Waals surface area contributed by atoms with Crippen molar-refractivity contribution in [1.29, 1.82) is 0 Å². The van der Waals surface area contributed by atoms with Crippen molar-refractivity contribution < 1.29 is 19.4 Å². The van der Waals surface area contributed by atoms with Crippen LogP contribution >= 0.6 is 11.3 Å². The molecule has 1 aromatic carbocycles. The van der Waals surface area contributed by atoms with Crippen LogP contribution in [0.2, 0.25) is 0 Å². The number of carboxylic acid groups (broad SMARTS) is 1. The number of thiophene rings is 1. The Labute approximate surface area is 158 Å². The third-order valence-electron chi connectivity index (χ3n) is 4.47. The standard InChI is InChI=1S/C18H18N4O4S/c23-16(12-5-3-11(4-6-12)10-22-7-1-2-8-22)19-15-13-9-14(26-18(24)25)27-17(13)21-20-15/h3-6,9H,1-2,7-8,10H2,(H,24,25)(H2,19,20,21,23). The predicted molar refractivity (Wildman–Crippen MR) is 102 cm³/mol. The molecule has 1 amide bonds. The third-order valence-corrected chi connectivity index (χ3v) is 5.39. The first-order valence-electron chi connectivity index (χ1n) is 8.60. The molecule has 0 saturated carbocycles. The second kappa shape index (κ2) is 7.37. The summed E-state index contributed by atoms with van der Waals surface area (Å²) in [5.41, 5.74) is 1.72. The fraction of sp³-hybridized carbons (Fsp3) is 0.278. The van der Waals surface area contributed by atoms with Gasteiger partial charge in [-0.2, -0.15) is 5.10 Å². The quantitative estimate of drug-likeness (QED) is 0.579. The van der Waals surface area contributed by atoms with E-state index in [1.54, 1.807) is 12.1 Å². The Bertz CT molecular complexity index is 973. The van der Waals surface area contributed by atoms with Crippen LogP contribution in [0.5, 0.6) is 5.06 Å². The number of hydrogen-bond acceptors (Lipinski definition) is 6. The van der Waals surface area contributed by atoms with E-state index in [1.165, 1.54) is 24.5 Å². The molecule has 1 aliphatic heterocycles. The molecule has 27 heavy (non-hydrogen) atoms. The first-order valence-corrected chi connectivity index (χ1v) is 9.41. The molecule has 0 unspecified atom stereocenters. The van der Waals surface area contributed by atoms with E-state index in [2.05, 4.69) is 25.2 Å². The van der Waals surface area contributed by atoms with Gasteiger partial charge in [0.05, 0.1) is 5.39 Å². The van der Waals surface area contributed by atoms with E-state index in [9.17, 15) is 9.59 Å². The Morgan fingerprint density at radius 2 is 2.00 bits per heavy atom. The van der Waals surface area contributed by atoms with E-state index in [4.69, 9.17) is 5.11 Å². The monoisotopic (exact) mass is 386 g/mol. The summed E-state index contributed by atoms with van der Waals surface area (Å²) >= 11 is 1.11. The van der Waals surface area contributed by atoms with Gasteiger partial charge in [-0.25, -0.2) is 4.79 Å². The van der Waals surface area contributed by atoms with Gasteiger partial charge in [-0.05, 0) is 43.6 Å². The largest absolute Gasteiger partial charge is 0.512 e. The molecule has 8 nitrogen and oxygen atoms in total. The number of fused-ring (bicyclic) bond motifs is 1. The van der Waals surface area contributed by atoms with Crippen LogP contribution < -0.4 is 10.1 Å². The maximum atomic E-state index is 12.5. The van der Waals surface area contributed by atoms with Crippen LogP contribution in [0.1, 0.15) is 28.8 Å². The van der Waals surface area contributed by atoms with Gasteiger partial charge in [0.2, 0.25) is 0 Å².